The minimum Gasteiger partial charge on any atom is -0.479 e. The van der Waals surface area contributed by atoms with Crippen LogP contribution in [-0.4, -0.2) is 28.4 Å². The Morgan fingerprint density at radius 1 is 1.19 bits per heavy atom. The normalized spacial score (nSPS) is 30.7. The molecule has 0 saturated heterocycles. The molecule has 1 aromatic carbocycles. The van der Waals surface area contributed by atoms with Gasteiger partial charge < -0.3 is 10.0 Å². The van der Waals surface area contributed by atoms with Gasteiger partial charge in [-0.05, 0) is 48.6 Å². The van der Waals surface area contributed by atoms with E-state index in [0.717, 1.165) is 29.9 Å². The highest BCUT2D eigenvalue weighted by Crippen LogP contribution is 2.55. The molecular weight excluding hydrogens is 266 g/mol. The van der Waals surface area contributed by atoms with Gasteiger partial charge in [0.1, 0.15) is 0 Å². The van der Waals surface area contributed by atoms with Gasteiger partial charge in [-0.2, -0.15) is 0 Å². The van der Waals surface area contributed by atoms with Gasteiger partial charge in [0.15, 0.2) is 6.04 Å². The van der Waals surface area contributed by atoms with E-state index in [9.17, 15) is 14.7 Å². The van der Waals surface area contributed by atoms with Gasteiger partial charge in [0, 0.05) is 12.5 Å². The number of amides is 1. The number of carbonyl (C=O) groups is 2. The second-order valence-corrected chi connectivity index (χ2v) is 6.56. The van der Waals surface area contributed by atoms with Crippen molar-refractivity contribution < 1.29 is 14.7 Å². The molecular formula is C17H19NO3. The fourth-order valence-corrected chi connectivity index (χ4v) is 3.83. The van der Waals surface area contributed by atoms with Crippen LogP contribution in [0.25, 0.3) is 0 Å². The summed E-state index contributed by atoms with van der Waals surface area (Å²) in [5, 5.41) is 9.60. The summed E-state index contributed by atoms with van der Waals surface area (Å²) in [6.07, 6.45) is 4.22. The molecule has 0 spiro atoms. The van der Waals surface area contributed by atoms with E-state index in [1.165, 1.54) is 12.8 Å². The van der Waals surface area contributed by atoms with Crippen LogP contribution < -0.4 is 0 Å². The molecule has 0 unspecified atom stereocenters. The predicted molar refractivity (Wildman–Crippen MR) is 76.6 cm³/mol. The van der Waals surface area contributed by atoms with Crippen LogP contribution in [0.3, 0.4) is 0 Å². The number of carboxylic acid groups (broad SMARTS) is 1. The number of nitrogens with zero attached hydrogens (tertiary/aromatic N) is 1. The van der Waals surface area contributed by atoms with Crippen LogP contribution in [0.1, 0.15) is 36.4 Å². The average molecular weight is 285 g/mol. The van der Waals surface area contributed by atoms with Crippen LogP contribution in [0.2, 0.25) is 0 Å². The fourth-order valence-electron chi connectivity index (χ4n) is 3.83. The number of carbonyl (C=O) groups excluding carboxylic acids is 1. The largest absolute Gasteiger partial charge is 0.479 e. The van der Waals surface area contributed by atoms with Gasteiger partial charge in [-0.3, -0.25) is 4.79 Å². The quantitative estimate of drug-likeness (QED) is 0.926. The molecule has 1 amide bonds. The van der Waals surface area contributed by atoms with E-state index >= 15 is 0 Å². The van der Waals surface area contributed by atoms with E-state index in [4.69, 9.17) is 0 Å². The molecule has 4 nitrogen and oxygen atoms in total. The molecule has 21 heavy (non-hydrogen) atoms. The van der Waals surface area contributed by atoms with Gasteiger partial charge in [-0.25, -0.2) is 4.79 Å². The topological polar surface area (TPSA) is 57.6 Å². The maximum absolute atomic E-state index is 12.7. The first-order valence-corrected chi connectivity index (χ1v) is 7.78. The van der Waals surface area contributed by atoms with E-state index in [-0.39, 0.29) is 11.8 Å². The lowest BCUT2D eigenvalue weighted by Gasteiger charge is -2.35. The molecule has 110 valence electrons. The van der Waals surface area contributed by atoms with E-state index in [1.54, 1.807) is 4.90 Å². The van der Waals surface area contributed by atoms with Crippen LogP contribution in [0.15, 0.2) is 24.3 Å². The summed E-state index contributed by atoms with van der Waals surface area (Å²) in [5.74, 6) is 0.501. The number of aliphatic carboxylic acids is 1. The first-order chi connectivity index (χ1) is 10.2. The Labute approximate surface area is 123 Å². The molecule has 1 heterocycles. The van der Waals surface area contributed by atoms with Crippen molar-refractivity contribution in [3.63, 3.8) is 0 Å². The molecule has 2 aliphatic carbocycles. The lowest BCUT2D eigenvalue weighted by atomic mass is 9.92. The first-order valence-electron chi connectivity index (χ1n) is 7.78. The molecule has 2 fully saturated rings. The minimum absolute atomic E-state index is 0.0637. The van der Waals surface area contributed by atoms with E-state index < -0.39 is 12.0 Å². The molecule has 0 radical (unpaired) electrons. The summed E-state index contributed by atoms with van der Waals surface area (Å²) in [5.41, 5.74) is 1.84. The molecule has 3 aliphatic rings. The summed E-state index contributed by atoms with van der Waals surface area (Å²) in [7, 11) is 0. The molecule has 4 rings (SSSR count). The van der Waals surface area contributed by atoms with Crippen molar-refractivity contribution in [2.75, 3.05) is 6.54 Å². The van der Waals surface area contributed by atoms with Crippen molar-refractivity contribution in [3.8, 4) is 0 Å². The first kappa shape index (κ1) is 12.9. The highest BCUT2D eigenvalue weighted by molar-refractivity contribution is 5.88. The second kappa shape index (κ2) is 4.58. The molecule has 0 aromatic heterocycles. The Morgan fingerprint density at radius 3 is 2.67 bits per heavy atom. The van der Waals surface area contributed by atoms with Crippen LogP contribution in [-0.2, 0) is 16.0 Å². The zero-order valence-electron chi connectivity index (χ0n) is 11.9. The monoisotopic (exact) mass is 285 g/mol. The number of fused-ring (bicyclic) bond motifs is 1. The number of benzene rings is 1. The predicted octanol–water partition coefficient (Wildman–Crippen LogP) is 2.24. The van der Waals surface area contributed by atoms with Gasteiger partial charge in [0.05, 0.1) is 0 Å². The summed E-state index contributed by atoms with van der Waals surface area (Å²) in [4.78, 5) is 26.0. The summed E-state index contributed by atoms with van der Waals surface area (Å²) in [6, 6.07) is 6.80. The average Bonchev–Trinajstić information content (AvgIpc) is 3.37. The third kappa shape index (κ3) is 2.13. The van der Waals surface area contributed by atoms with Gasteiger partial charge in [-0.15, -0.1) is 0 Å². The van der Waals surface area contributed by atoms with Gasteiger partial charge in [0.25, 0.3) is 0 Å². The van der Waals surface area contributed by atoms with E-state index in [0.29, 0.717) is 12.5 Å². The molecule has 1 aliphatic heterocycles. The molecule has 3 atom stereocenters. The second-order valence-electron chi connectivity index (χ2n) is 6.56. The number of hydrogen-bond acceptors (Lipinski definition) is 2. The van der Waals surface area contributed by atoms with Crippen LogP contribution in [0, 0.1) is 17.8 Å². The van der Waals surface area contributed by atoms with Crippen LogP contribution in [0.4, 0.5) is 0 Å². The third-order valence-electron chi connectivity index (χ3n) is 5.18. The minimum atomic E-state index is -0.917. The Balaban J connectivity index is 1.60. The molecule has 2 saturated carbocycles. The van der Waals surface area contributed by atoms with E-state index in [1.807, 2.05) is 24.3 Å². The lowest BCUT2D eigenvalue weighted by Crippen LogP contribution is -2.44. The van der Waals surface area contributed by atoms with Crippen molar-refractivity contribution in [1.82, 2.24) is 4.90 Å². The lowest BCUT2D eigenvalue weighted by molar-refractivity contribution is -0.152. The highest BCUT2D eigenvalue weighted by Gasteiger charge is 2.53. The third-order valence-corrected chi connectivity index (χ3v) is 5.18. The molecule has 1 aromatic rings. The molecule has 0 bridgehead atoms. The fraction of sp³-hybridized carbons (Fsp3) is 0.529. The Kier molecular flexibility index (Phi) is 2.81. The SMILES string of the molecule is O=C(O)[C@@H]1c2ccccc2CCN1C(=O)[C@@H]1C[C@H]1C1CC1. The van der Waals surface area contributed by atoms with Crippen LogP contribution >= 0.6 is 0 Å². The van der Waals surface area contributed by atoms with Crippen molar-refractivity contribution in [3.05, 3.63) is 35.4 Å². The van der Waals surface area contributed by atoms with Gasteiger partial charge in [-0.1, -0.05) is 24.3 Å². The summed E-state index contributed by atoms with van der Waals surface area (Å²) < 4.78 is 0. The van der Waals surface area contributed by atoms with Crippen molar-refractivity contribution in [2.45, 2.75) is 31.7 Å². The zero-order valence-corrected chi connectivity index (χ0v) is 11.9. The van der Waals surface area contributed by atoms with Gasteiger partial charge in [0.2, 0.25) is 5.91 Å². The van der Waals surface area contributed by atoms with Gasteiger partial charge >= 0.3 is 5.97 Å². The number of hydrogen-bond donors (Lipinski definition) is 1. The summed E-state index contributed by atoms with van der Waals surface area (Å²) >= 11 is 0. The molecule has 4 heteroatoms. The smallest absolute Gasteiger partial charge is 0.331 e. The maximum atomic E-state index is 12.7. The summed E-state index contributed by atoms with van der Waals surface area (Å²) in [6.45, 7) is 0.528. The van der Waals surface area contributed by atoms with Crippen molar-refractivity contribution >= 4 is 11.9 Å². The van der Waals surface area contributed by atoms with Crippen LogP contribution in [0.5, 0.6) is 0 Å². The zero-order chi connectivity index (χ0) is 14.6. The Bertz CT molecular complexity index is 608. The highest BCUT2D eigenvalue weighted by atomic mass is 16.4. The molecule has 1 N–H and O–H groups in total. The number of rotatable bonds is 3. The Hall–Kier alpha value is -1.84. The Morgan fingerprint density at radius 2 is 1.95 bits per heavy atom. The van der Waals surface area contributed by atoms with E-state index in [2.05, 4.69) is 0 Å². The number of carboxylic acids is 1. The standard InChI is InChI=1S/C17H19NO3/c19-16(14-9-13(14)11-5-6-11)18-8-7-10-3-1-2-4-12(10)15(18)17(20)21/h1-4,11,13-15H,5-9H2,(H,20,21)/t13-,14+,15-/m0/s1. The van der Waals surface area contributed by atoms with Crippen molar-refractivity contribution in [2.24, 2.45) is 17.8 Å². The maximum Gasteiger partial charge on any atom is 0.331 e. The van der Waals surface area contributed by atoms with Crippen molar-refractivity contribution in [1.29, 1.82) is 0 Å².